The van der Waals surface area contributed by atoms with Crippen molar-refractivity contribution in [1.82, 2.24) is 15.0 Å². The van der Waals surface area contributed by atoms with Crippen LogP contribution in [0.5, 0.6) is 0 Å². The molecule has 10 heteroatoms. The maximum atomic E-state index is 15.0. The zero-order valence-electron chi connectivity index (χ0n) is 21.7. The van der Waals surface area contributed by atoms with Gasteiger partial charge in [-0.2, -0.15) is 0 Å². The fourth-order valence-electron chi connectivity index (χ4n) is 4.17. The lowest BCUT2D eigenvalue weighted by molar-refractivity contribution is -0.0123. The lowest BCUT2D eigenvalue weighted by atomic mass is 10.0. The van der Waals surface area contributed by atoms with Gasteiger partial charge < -0.3 is 19.2 Å². The molecule has 1 N–H and O–H groups in total. The third-order valence-corrected chi connectivity index (χ3v) is 12.5. The van der Waals surface area contributed by atoms with E-state index in [2.05, 4.69) is 43.8 Å². The number of anilines is 1. The van der Waals surface area contributed by atoms with Crippen molar-refractivity contribution in [3.05, 3.63) is 23.0 Å². The first-order chi connectivity index (χ1) is 16.2. The quantitative estimate of drug-likeness (QED) is 0.396. The van der Waals surface area contributed by atoms with Crippen molar-refractivity contribution < 1.29 is 18.7 Å². The van der Waals surface area contributed by atoms with Crippen LogP contribution in [-0.2, 0) is 15.6 Å². The predicted octanol–water partition coefficient (Wildman–Crippen LogP) is 5.14. The molecule has 1 saturated carbocycles. The Bertz CT molecular complexity index is 1090. The lowest BCUT2D eigenvalue weighted by Gasteiger charge is -2.37. The zero-order chi connectivity index (χ0) is 25.6. The molecule has 194 valence electrons. The normalized spacial score (nSPS) is 22.9. The second-order valence-corrected chi connectivity index (χ2v) is 17.3. The third-order valence-electron chi connectivity index (χ3n) is 7.80. The molecule has 2 aromatic heterocycles. The van der Waals surface area contributed by atoms with Crippen LogP contribution < -0.4 is 4.90 Å². The average Bonchev–Trinajstić information content (AvgIpc) is 3.57. The molecule has 7 nitrogen and oxygen atoms in total. The maximum absolute atomic E-state index is 15.0. The summed E-state index contributed by atoms with van der Waals surface area (Å²) in [5, 5.41) is 11.1. The highest BCUT2D eigenvalue weighted by atomic mass is 35.5. The molecule has 0 amide bonds. The van der Waals surface area contributed by atoms with Gasteiger partial charge in [0.15, 0.2) is 19.3 Å². The van der Waals surface area contributed by atoms with Gasteiger partial charge in [0.05, 0.1) is 25.1 Å². The number of rotatable bonds is 7. The molecule has 4 rings (SSSR count). The van der Waals surface area contributed by atoms with Gasteiger partial charge in [0.1, 0.15) is 22.8 Å². The van der Waals surface area contributed by atoms with Gasteiger partial charge in [0, 0.05) is 25.8 Å². The molecule has 1 atom stereocenters. The number of hydrogen-bond acceptors (Lipinski definition) is 7. The van der Waals surface area contributed by atoms with Crippen LogP contribution in [0.3, 0.4) is 0 Å². The summed E-state index contributed by atoms with van der Waals surface area (Å²) in [4.78, 5) is 15.3. The fraction of sp³-hybridized carbons (Fsp3) is 0.720. The van der Waals surface area contributed by atoms with Crippen LogP contribution in [0.2, 0.25) is 23.3 Å². The Balaban J connectivity index is 1.59. The first-order valence-corrected chi connectivity index (χ1v) is 15.7. The summed E-state index contributed by atoms with van der Waals surface area (Å²) >= 11 is 6.00. The van der Waals surface area contributed by atoms with E-state index in [4.69, 9.17) is 25.7 Å². The van der Waals surface area contributed by atoms with Crippen molar-refractivity contribution in [1.29, 1.82) is 0 Å². The van der Waals surface area contributed by atoms with Crippen LogP contribution in [0.15, 0.2) is 6.20 Å². The topological polar surface area (TPSA) is 80.6 Å². The van der Waals surface area contributed by atoms with Crippen molar-refractivity contribution in [3.8, 4) is 0 Å². The van der Waals surface area contributed by atoms with E-state index in [1.165, 1.54) is 6.20 Å². The fourth-order valence-corrected chi connectivity index (χ4v) is 5.41. The number of aliphatic hydroxyl groups is 1. The Morgan fingerprint density at radius 2 is 2.00 bits per heavy atom. The number of aromatic nitrogens is 3. The monoisotopic (exact) mass is 524 g/mol. The van der Waals surface area contributed by atoms with Crippen molar-refractivity contribution in [2.45, 2.75) is 77.1 Å². The van der Waals surface area contributed by atoms with Gasteiger partial charge in [-0.25, -0.2) is 19.3 Å². The van der Waals surface area contributed by atoms with E-state index in [9.17, 15) is 5.11 Å². The number of halogens is 2. The van der Waals surface area contributed by atoms with Gasteiger partial charge in [-0.1, -0.05) is 32.4 Å². The van der Waals surface area contributed by atoms with Gasteiger partial charge in [-0.3, -0.25) is 0 Å². The summed E-state index contributed by atoms with van der Waals surface area (Å²) in [6.07, 6.45) is 5.25. The van der Waals surface area contributed by atoms with E-state index in [-0.39, 0.29) is 27.7 Å². The van der Waals surface area contributed by atoms with E-state index >= 15 is 4.39 Å². The maximum Gasteiger partial charge on any atom is 0.192 e. The molecule has 35 heavy (non-hydrogen) atoms. The summed E-state index contributed by atoms with van der Waals surface area (Å²) in [5.41, 5.74) is -0.745. The summed E-state index contributed by atoms with van der Waals surface area (Å²) in [7, 11) is -1.83. The molecule has 2 aliphatic rings. The minimum atomic E-state index is -1.83. The summed E-state index contributed by atoms with van der Waals surface area (Å²) in [6, 6.07) is 0. The van der Waals surface area contributed by atoms with E-state index in [0.29, 0.717) is 43.1 Å². The van der Waals surface area contributed by atoms with Crippen LogP contribution in [0, 0.1) is 11.2 Å². The number of hydrogen-bond donors (Lipinski definition) is 1. The molecule has 0 aromatic carbocycles. The van der Waals surface area contributed by atoms with Crippen molar-refractivity contribution in [3.63, 3.8) is 0 Å². The Morgan fingerprint density at radius 1 is 1.29 bits per heavy atom. The molecule has 0 bridgehead atoms. The van der Waals surface area contributed by atoms with Gasteiger partial charge in [-0.05, 0) is 49.7 Å². The first-order valence-electron chi connectivity index (χ1n) is 12.4. The first kappa shape index (κ1) is 26.7. The smallest absolute Gasteiger partial charge is 0.192 e. The van der Waals surface area contributed by atoms with E-state index in [0.717, 1.165) is 25.9 Å². The molecule has 1 unspecified atom stereocenters. The highest BCUT2D eigenvalue weighted by molar-refractivity contribution is 6.74. The van der Waals surface area contributed by atoms with Crippen LogP contribution in [-0.4, -0.2) is 66.9 Å². The Labute approximate surface area is 213 Å². The molecular weight excluding hydrogens is 487 g/mol. The molecule has 0 radical (unpaired) electrons. The number of nitrogens with zero attached hydrogens (tertiary/aromatic N) is 4. The standard InChI is InChI=1S/C25H38ClFN4O3Si/c1-23(2,3)35(5,6)34-16-25(9-10-25)8-7-18-29-20-17(13-28-21(26)19(20)27)22(30-18)31-11-12-33-15-24(4,32)14-31/h13,32H,7-12,14-16H2,1-6H3. The van der Waals surface area contributed by atoms with Crippen LogP contribution in [0.4, 0.5) is 10.2 Å². The number of pyridine rings is 1. The molecule has 2 aromatic rings. The molecule has 0 spiro atoms. The highest BCUT2D eigenvalue weighted by Crippen LogP contribution is 2.51. The minimum Gasteiger partial charge on any atom is -0.416 e. The van der Waals surface area contributed by atoms with Crippen molar-refractivity contribution >= 4 is 36.6 Å². The molecule has 3 heterocycles. The minimum absolute atomic E-state index is 0.141. The average molecular weight is 525 g/mol. The second-order valence-electron chi connectivity index (χ2n) is 12.1. The number of aryl methyl sites for hydroxylation is 1. The van der Waals surface area contributed by atoms with E-state index < -0.39 is 19.7 Å². The highest BCUT2D eigenvalue weighted by Gasteiger charge is 2.46. The number of fused-ring (bicyclic) bond motifs is 1. The molecule has 1 aliphatic heterocycles. The van der Waals surface area contributed by atoms with Gasteiger partial charge in [0.25, 0.3) is 0 Å². The Morgan fingerprint density at radius 3 is 2.66 bits per heavy atom. The van der Waals surface area contributed by atoms with Crippen LogP contribution in [0.25, 0.3) is 10.9 Å². The van der Waals surface area contributed by atoms with Crippen LogP contribution >= 0.6 is 11.6 Å². The van der Waals surface area contributed by atoms with Crippen LogP contribution in [0.1, 0.15) is 52.8 Å². The molecule has 1 aliphatic carbocycles. The Hall–Kier alpha value is -1.39. The SMILES string of the molecule is CC1(O)COCCN(c2nc(CCC3(CO[Si](C)(C)C(C)(C)C)CC3)nc3c(F)c(Cl)ncc23)C1. The molecule has 1 saturated heterocycles. The van der Waals surface area contributed by atoms with E-state index in [1.54, 1.807) is 6.92 Å². The zero-order valence-corrected chi connectivity index (χ0v) is 23.5. The molecular formula is C25H38ClFN4O3Si. The van der Waals surface area contributed by atoms with Crippen molar-refractivity contribution in [2.75, 3.05) is 37.8 Å². The van der Waals surface area contributed by atoms with Gasteiger partial charge in [0.2, 0.25) is 0 Å². The summed E-state index contributed by atoms with van der Waals surface area (Å²) < 4.78 is 27.1. The number of ether oxygens (including phenoxy) is 1. The van der Waals surface area contributed by atoms with E-state index in [1.807, 2.05) is 4.90 Å². The Kier molecular flexibility index (Phi) is 7.22. The second kappa shape index (κ2) is 9.48. The third kappa shape index (κ3) is 5.96. The largest absolute Gasteiger partial charge is 0.416 e. The summed E-state index contributed by atoms with van der Waals surface area (Å²) in [5.74, 6) is 0.479. The van der Waals surface area contributed by atoms with Gasteiger partial charge in [-0.15, -0.1) is 0 Å². The number of β-amino-alcohol motifs (C(OH)–C–C–N with tert-alkyl or cyclic N) is 1. The van der Waals surface area contributed by atoms with Gasteiger partial charge >= 0.3 is 0 Å². The predicted molar refractivity (Wildman–Crippen MR) is 139 cm³/mol. The van der Waals surface area contributed by atoms with Crippen molar-refractivity contribution in [2.24, 2.45) is 5.41 Å². The summed E-state index contributed by atoms with van der Waals surface area (Å²) in [6.45, 7) is 15.3. The lowest BCUT2D eigenvalue weighted by Crippen LogP contribution is -2.42. The molecule has 2 fully saturated rings.